The molecule has 0 bridgehead atoms. The van der Waals surface area contributed by atoms with Crippen LogP contribution >= 0.6 is 0 Å². The number of nitrogens with one attached hydrogen (secondary N) is 2. The first-order valence-corrected chi connectivity index (χ1v) is 9.06. The average Bonchev–Trinajstić information content (AvgIpc) is 2.79. The summed E-state index contributed by atoms with van der Waals surface area (Å²) in [7, 11) is 4.37. The summed E-state index contributed by atoms with van der Waals surface area (Å²) in [5, 5.41) is 2.08. The Morgan fingerprint density at radius 1 is 0.800 bits per heavy atom. The van der Waals surface area contributed by atoms with E-state index in [0.29, 0.717) is 23.0 Å². The first-order chi connectivity index (χ1) is 14.5. The molecule has 3 rings (SSSR count). The molecular weight excluding hydrogens is 388 g/mol. The summed E-state index contributed by atoms with van der Waals surface area (Å²) in [5.74, 6) is 0.516. The minimum atomic E-state index is -0.548. The molecule has 3 aromatic carbocycles. The zero-order chi connectivity index (χ0) is 21.5. The molecule has 0 fully saturated rings. The van der Waals surface area contributed by atoms with Crippen LogP contribution in [0.5, 0.6) is 23.0 Å². The third-order valence-corrected chi connectivity index (χ3v) is 4.33. The van der Waals surface area contributed by atoms with Crippen molar-refractivity contribution in [3.05, 3.63) is 60.2 Å². The SMILES string of the molecule is COc1cc(C(=O)NNC(=O)COc2ccc3ccccc3c2)cc(OC)c1OC. The van der Waals surface area contributed by atoms with Crippen molar-refractivity contribution < 1.29 is 28.5 Å². The Kier molecular flexibility index (Phi) is 6.59. The van der Waals surface area contributed by atoms with Crippen molar-refractivity contribution in [3.8, 4) is 23.0 Å². The van der Waals surface area contributed by atoms with Crippen LogP contribution in [0.3, 0.4) is 0 Å². The quantitative estimate of drug-likeness (QED) is 0.582. The monoisotopic (exact) mass is 410 g/mol. The molecule has 0 saturated heterocycles. The molecule has 156 valence electrons. The van der Waals surface area contributed by atoms with Gasteiger partial charge in [0.2, 0.25) is 5.75 Å². The Morgan fingerprint density at radius 3 is 2.10 bits per heavy atom. The Balaban J connectivity index is 1.58. The fourth-order valence-corrected chi connectivity index (χ4v) is 2.85. The second-order valence-corrected chi connectivity index (χ2v) is 6.21. The lowest BCUT2D eigenvalue weighted by atomic mass is 10.1. The van der Waals surface area contributed by atoms with Gasteiger partial charge >= 0.3 is 0 Å². The van der Waals surface area contributed by atoms with E-state index in [1.54, 1.807) is 6.07 Å². The van der Waals surface area contributed by atoms with Gasteiger partial charge in [0.1, 0.15) is 5.75 Å². The highest BCUT2D eigenvalue weighted by molar-refractivity contribution is 5.96. The van der Waals surface area contributed by atoms with Crippen molar-refractivity contribution in [3.63, 3.8) is 0 Å². The van der Waals surface area contributed by atoms with Crippen LogP contribution in [0.2, 0.25) is 0 Å². The number of carbonyl (C=O) groups is 2. The van der Waals surface area contributed by atoms with E-state index in [1.807, 2.05) is 36.4 Å². The molecule has 0 atom stereocenters. The zero-order valence-corrected chi connectivity index (χ0v) is 16.9. The zero-order valence-electron chi connectivity index (χ0n) is 16.9. The van der Waals surface area contributed by atoms with E-state index in [9.17, 15) is 9.59 Å². The van der Waals surface area contributed by atoms with E-state index in [0.717, 1.165) is 10.8 Å². The summed E-state index contributed by atoms with van der Waals surface area (Å²) in [5.41, 5.74) is 4.87. The molecule has 2 N–H and O–H groups in total. The van der Waals surface area contributed by atoms with Gasteiger partial charge in [0, 0.05) is 5.56 Å². The Labute approximate surface area is 173 Å². The van der Waals surface area contributed by atoms with Gasteiger partial charge in [0.25, 0.3) is 11.8 Å². The number of hydrogen-bond donors (Lipinski definition) is 2. The largest absolute Gasteiger partial charge is 0.493 e. The first kappa shape index (κ1) is 20.8. The minimum Gasteiger partial charge on any atom is -0.493 e. The van der Waals surface area contributed by atoms with Crippen LogP contribution < -0.4 is 29.8 Å². The summed E-state index contributed by atoms with van der Waals surface area (Å²) in [4.78, 5) is 24.4. The molecule has 30 heavy (non-hydrogen) atoms. The van der Waals surface area contributed by atoms with Crippen molar-refractivity contribution >= 4 is 22.6 Å². The summed E-state index contributed by atoms with van der Waals surface area (Å²) >= 11 is 0. The molecule has 0 aliphatic carbocycles. The number of hydrazine groups is 1. The number of carbonyl (C=O) groups excluding carboxylic acids is 2. The Bertz CT molecular complexity index is 1040. The molecule has 0 heterocycles. The van der Waals surface area contributed by atoms with Gasteiger partial charge in [-0.1, -0.05) is 30.3 Å². The van der Waals surface area contributed by atoms with Gasteiger partial charge < -0.3 is 18.9 Å². The first-order valence-electron chi connectivity index (χ1n) is 9.06. The van der Waals surface area contributed by atoms with Gasteiger partial charge in [0.05, 0.1) is 21.3 Å². The van der Waals surface area contributed by atoms with Crippen LogP contribution in [-0.2, 0) is 4.79 Å². The normalized spacial score (nSPS) is 10.2. The van der Waals surface area contributed by atoms with E-state index < -0.39 is 11.8 Å². The molecule has 2 amide bonds. The molecule has 0 unspecified atom stereocenters. The van der Waals surface area contributed by atoms with Crippen LogP contribution in [0.4, 0.5) is 0 Å². The fraction of sp³-hybridized carbons (Fsp3) is 0.182. The van der Waals surface area contributed by atoms with Gasteiger partial charge in [0.15, 0.2) is 18.1 Å². The number of fused-ring (bicyclic) bond motifs is 1. The highest BCUT2D eigenvalue weighted by Crippen LogP contribution is 2.38. The number of benzene rings is 3. The van der Waals surface area contributed by atoms with Gasteiger partial charge in [-0.25, -0.2) is 0 Å². The van der Waals surface area contributed by atoms with Crippen LogP contribution in [0.1, 0.15) is 10.4 Å². The Hall–Kier alpha value is -3.94. The van der Waals surface area contributed by atoms with E-state index in [-0.39, 0.29) is 12.2 Å². The molecule has 0 radical (unpaired) electrons. The highest BCUT2D eigenvalue weighted by atomic mass is 16.5. The molecule has 0 aliphatic rings. The predicted octanol–water partition coefficient (Wildman–Crippen LogP) is 2.71. The van der Waals surface area contributed by atoms with Crippen LogP contribution in [0.25, 0.3) is 10.8 Å². The number of ether oxygens (including phenoxy) is 4. The number of rotatable bonds is 7. The number of methoxy groups -OCH3 is 3. The third-order valence-electron chi connectivity index (χ3n) is 4.33. The summed E-state index contributed by atoms with van der Waals surface area (Å²) in [6.07, 6.45) is 0. The van der Waals surface area contributed by atoms with E-state index in [1.165, 1.54) is 33.5 Å². The van der Waals surface area contributed by atoms with E-state index >= 15 is 0 Å². The summed E-state index contributed by atoms with van der Waals surface area (Å²) in [6, 6.07) is 16.3. The number of amides is 2. The van der Waals surface area contributed by atoms with Gasteiger partial charge in [-0.2, -0.15) is 0 Å². The second kappa shape index (κ2) is 9.51. The smallest absolute Gasteiger partial charge is 0.276 e. The topological polar surface area (TPSA) is 95.1 Å². The summed E-state index contributed by atoms with van der Waals surface area (Å²) in [6.45, 7) is -0.256. The maximum atomic E-state index is 12.4. The molecule has 8 heteroatoms. The molecular formula is C22H22N2O6. The van der Waals surface area contributed by atoms with Crippen molar-refractivity contribution in [1.82, 2.24) is 10.9 Å². The molecule has 0 aliphatic heterocycles. The number of hydrogen-bond acceptors (Lipinski definition) is 6. The third kappa shape index (κ3) is 4.72. The van der Waals surface area contributed by atoms with Crippen LogP contribution in [0, 0.1) is 0 Å². The Morgan fingerprint density at radius 2 is 1.47 bits per heavy atom. The maximum absolute atomic E-state index is 12.4. The van der Waals surface area contributed by atoms with Gasteiger partial charge in [-0.3, -0.25) is 20.4 Å². The van der Waals surface area contributed by atoms with Crippen molar-refractivity contribution in [2.24, 2.45) is 0 Å². The lowest BCUT2D eigenvalue weighted by Gasteiger charge is -2.14. The molecule has 0 aromatic heterocycles. The maximum Gasteiger partial charge on any atom is 0.276 e. The molecule has 0 saturated carbocycles. The average molecular weight is 410 g/mol. The second-order valence-electron chi connectivity index (χ2n) is 6.21. The molecule has 0 spiro atoms. The fourth-order valence-electron chi connectivity index (χ4n) is 2.85. The van der Waals surface area contributed by atoms with Crippen molar-refractivity contribution in [1.29, 1.82) is 0 Å². The van der Waals surface area contributed by atoms with E-state index in [4.69, 9.17) is 18.9 Å². The molecule has 8 nitrogen and oxygen atoms in total. The standard InChI is InChI=1S/C22H22N2O6/c1-27-18-11-16(12-19(28-2)21(18)29-3)22(26)24-23-20(25)13-30-17-9-8-14-6-4-5-7-15(14)10-17/h4-12H,13H2,1-3H3,(H,23,25)(H,24,26). The highest BCUT2D eigenvalue weighted by Gasteiger charge is 2.17. The van der Waals surface area contributed by atoms with Gasteiger partial charge in [-0.15, -0.1) is 0 Å². The summed E-state index contributed by atoms with van der Waals surface area (Å²) < 4.78 is 21.2. The lowest BCUT2D eigenvalue weighted by Crippen LogP contribution is -2.43. The van der Waals surface area contributed by atoms with E-state index in [2.05, 4.69) is 10.9 Å². The predicted molar refractivity (Wildman–Crippen MR) is 111 cm³/mol. The minimum absolute atomic E-state index is 0.222. The van der Waals surface area contributed by atoms with Crippen molar-refractivity contribution in [2.45, 2.75) is 0 Å². The molecule has 3 aromatic rings. The van der Waals surface area contributed by atoms with Crippen molar-refractivity contribution in [2.75, 3.05) is 27.9 Å². The van der Waals surface area contributed by atoms with Gasteiger partial charge in [-0.05, 0) is 35.0 Å². The van der Waals surface area contributed by atoms with Crippen LogP contribution in [-0.4, -0.2) is 39.8 Å². The lowest BCUT2D eigenvalue weighted by molar-refractivity contribution is -0.123. The van der Waals surface area contributed by atoms with Crippen LogP contribution in [0.15, 0.2) is 54.6 Å².